The molecule has 2 aromatic carbocycles. The van der Waals surface area contributed by atoms with Gasteiger partial charge in [0.25, 0.3) is 0 Å². The number of hydrogen-bond acceptors (Lipinski definition) is 5. The zero-order chi connectivity index (χ0) is 17.8. The third kappa shape index (κ3) is 4.13. The molecule has 0 aliphatic rings. The lowest BCUT2D eigenvalue weighted by molar-refractivity contribution is 0.0601. The van der Waals surface area contributed by atoms with Crippen molar-refractivity contribution in [3.05, 3.63) is 70.2 Å². The number of ether oxygens (including phenoxy) is 1. The van der Waals surface area contributed by atoms with Gasteiger partial charge in [-0.1, -0.05) is 23.2 Å². The van der Waals surface area contributed by atoms with Crippen LogP contribution in [-0.2, 0) is 11.3 Å². The highest BCUT2D eigenvalue weighted by atomic mass is 35.5. The fraction of sp³-hybridized carbons (Fsp3) is 0.111. The molecule has 0 saturated carbocycles. The van der Waals surface area contributed by atoms with Crippen LogP contribution in [0.15, 0.2) is 53.1 Å². The number of anilines is 1. The molecule has 7 heteroatoms. The third-order valence-electron chi connectivity index (χ3n) is 3.50. The van der Waals surface area contributed by atoms with E-state index in [4.69, 9.17) is 32.4 Å². The molecule has 0 amide bonds. The second kappa shape index (κ2) is 7.59. The van der Waals surface area contributed by atoms with E-state index < -0.39 is 5.97 Å². The van der Waals surface area contributed by atoms with Gasteiger partial charge in [0.2, 0.25) is 5.89 Å². The maximum atomic E-state index is 11.7. The Kier molecular flexibility index (Phi) is 5.26. The van der Waals surface area contributed by atoms with Crippen molar-refractivity contribution in [3.63, 3.8) is 0 Å². The highest BCUT2D eigenvalue weighted by Gasteiger charge is 2.12. The van der Waals surface area contributed by atoms with Crippen LogP contribution in [0.25, 0.3) is 11.3 Å². The first kappa shape index (κ1) is 17.3. The van der Waals surface area contributed by atoms with Gasteiger partial charge in [0, 0.05) is 16.3 Å². The smallest absolute Gasteiger partial charge is 0.339 e. The van der Waals surface area contributed by atoms with Crippen LogP contribution in [0.4, 0.5) is 5.69 Å². The van der Waals surface area contributed by atoms with Crippen LogP contribution in [0.5, 0.6) is 0 Å². The van der Waals surface area contributed by atoms with E-state index >= 15 is 0 Å². The molecular formula is C18H14Cl2N2O3. The van der Waals surface area contributed by atoms with Gasteiger partial charge in [-0.15, -0.1) is 0 Å². The van der Waals surface area contributed by atoms with E-state index in [1.165, 1.54) is 7.11 Å². The lowest BCUT2D eigenvalue weighted by atomic mass is 10.2. The summed E-state index contributed by atoms with van der Waals surface area (Å²) in [5.74, 6) is 0.675. The number of halogens is 2. The van der Waals surface area contributed by atoms with Crippen LogP contribution in [0.2, 0.25) is 10.0 Å². The lowest BCUT2D eigenvalue weighted by Gasteiger charge is -2.07. The zero-order valence-electron chi connectivity index (χ0n) is 13.3. The molecule has 0 radical (unpaired) electrons. The van der Waals surface area contributed by atoms with E-state index in [2.05, 4.69) is 10.3 Å². The van der Waals surface area contributed by atoms with Crippen LogP contribution in [0.1, 0.15) is 16.2 Å². The van der Waals surface area contributed by atoms with Gasteiger partial charge in [0.1, 0.15) is 0 Å². The van der Waals surface area contributed by atoms with Crippen molar-refractivity contribution in [2.45, 2.75) is 6.54 Å². The first-order chi connectivity index (χ1) is 12.1. The number of benzene rings is 2. The van der Waals surface area contributed by atoms with Crippen molar-refractivity contribution in [1.82, 2.24) is 4.98 Å². The molecule has 0 aliphatic heterocycles. The number of carbonyl (C=O) groups excluding carboxylic acids is 1. The largest absolute Gasteiger partial charge is 0.465 e. The number of esters is 1. The maximum Gasteiger partial charge on any atom is 0.339 e. The van der Waals surface area contributed by atoms with Gasteiger partial charge in [0.15, 0.2) is 5.76 Å². The lowest BCUT2D eigenvalue weighted by Crippen LogP contribution is -2.05. The van der Waals surface area contributed by atoms with Crippen molar-refractivity contribution in [1.29, 1.82) is 0 Å². The summed E-state index contributed by atoms with van der Waals surface area (Å²) in [6.07, 6.45) is 1.65. The standard InChI is InChI=1S/C18H14Cl2N2O3/c1-24-18(23)14-8-13(6-7-15(14)20)21-10-17-22-9-16(25-17)11-2-4-12(19)5-3-11/h2-9,21H,10H2,1H3. The molecule has 5 nitrogen and oxygen atoms in total. The van der Waals surface area contributed by atoms with Gasteiger partial charge in [-0.3, -0.25) is 0 Å². The van der Waals surface area contributed by atoms with Crippen LogP contribution in [0, 0.1) is 0 Å². The molecule has 25 heavy (non-hydrogen) atoms. The third-order valence-corrected chi connectivity index (χ3v) is 4.08. The summed E-state index contributed by atoms with van der Waals surface area (Å²) in [6.45, 7) is 0.357. The molecule has 1 heterocycles. The number of nitrogens with one attached hydrogen (secondary N) is 1. The summed E-state index contributed by atoms with van der Waals surface area (Å²) in [5.41, 5.74) is 1.89. The summed E-state index contributed by atoms with van der Waals surface area (Å²) < 4.78 is 10.4. The minimum Gasteiger partial charge on any atom is -0.465 e. The number of hydrogen-bond donors (Lipinski definition) is 1. The zero-order valence-corrected chi connectivity index (χ0v) is 14.8. The molecule has 1 N–H and O–H groups in total. The molecule has 3 aromatic rings. The van der Waals surface area contributed by atoms with Crippen LogP contribution < -0.4 is 5.32 Å². The van der Waals surface area contributed by atoms with Crippen molar-refractivity contribution < 1.29 is 13.9 Å². The molecule has 0 bridgehead atoms. The predicted molar refractivity (Wildman–Crippen MR) is 97.1 cm³/mol. The van der Waals surface area contributed by atoms with Gasteiger partial charge in [-0.05, 0) is 42.5 Å². The van der Waals surface area contributed by atoms with E-state index in [1.54, 1.807) is 36.5 Å². The Labute approximate surface area is 154 Å². The first-order valence-electron chi connectivity index (χ1n) is 7.39. The van der Waals surface area contributed by atoms with E-state index in [0.717, 1.165) is 5.56 Å². The highest BCUT2D eigenvalue weighted by molar-refractivity contribution is 6.33. The molecule has 128 valence electrons. The molecule has 0 unspecified atom stereocenters. The van der Waals surface area contributed by atoms with Crippen LogP contribution in [0.3, 0.4) is 0 Å². The summed E-state index contributed by atoms with van der Waals surface area (Å²) in [5, 5.41) is 4.13. The maximum absolute atomic E-state index is 11.7. The van der Waals surface area contributed by atoms with Crippen molar-refractivity contribution in [2.24, 2.45) is 0 Å². The van der Waals surface area contributed by atoms with Crippen LogP contribution in [-0.4, -0.2) is 18.1 Å². The second-order valence-corrected chi connectivity index (χ2v) is 6.01. The summed E-state index contributed by atoms with van der Waals surface area (Å²) in [6, 6.07) is 12.3. The number of oxazole rings is 1. The fourth-order valence-corrected chi connectivity index (χ4v) is 2.54. The Bertz CT molecular complexity index is 892. The minimum atomic E-state index is -0.491. The van der Waals surface area contributed by atoms with Crippen molar-refractivity contribution in [2.75, 3.05) is 12.4 Å². The summed E-state index contributed by atoms with van der Waals surface area (Å²) >= 11 is 11.9. The molecule has 0 fully saturated rings. The monoisotopic (exact) mass is 376 g/mol. The Morgan fingerprint density at radius 1 is 1.20 bits per heavy atom. The van der Waals surface area contributed by atoms with Gasteiger partial charge in [-0.2, -0.15) is 0 Å². The first-order valence-corrected chi connectivity index (χ1v) is 8.15. The number of nitrogens with zero attached hydrogens (tertiary/aromatic N) is 1. The normalized spacial score (nSPS) is 10.5. The Hall–Kier alpha value is -2.50. The molecule has 3 rings (SSSR count). The topological polar surface area (TPSA) is 64.4 Å². The average Bonchev–Trinajstić information content (AvgIpc) is 3.10. The van der Waals surface area contributed by atoms with E-state index in [9.17, 15) is 4.79 Å². The molecule has 1 aromatic heterocycles. The molecule has 0 saturated heterocycles. The highest BCUT2D eigenvalue weighted by Crippen LogP contribution is 2.24. The van der Waals surface area contributed by atoms with Gasteiger partial charge in [0.05, 0.1) is 30.4 Å². The summed E-state index contributed by atoms with van der Waals surface area (Å²) in [7, 11) is 1.31. The van der Waals surface area contributed by atoms with Gasteiger partial charge < -0.3 is 14.5 Å². The minimum absolute atomic E-state index is 0.295. The number of carbonyl (C=O) groups is 1. The number of aromatic nitrogens is 1. The fourth-order valence-electron chi connectivity index (χ4n) is 2.22. The Morgan fingerprint density at radius 3 is 2.68 bits per heavy atom. The molecular weight excluding hydrogens is 363 g/mol. The van der Waals surface area contributed by atoms with Gasteiger partial charge in [-0.25, -0.2) is 9.78 Å². The van der Waals surface area contributed by atoms with E-state index in [-0.39, 0.29) is 0 Å². The molecule has 0 spiro atoms. The quantitative estimate of drug-likeness (QED) is 0.631. The molecule has 0 atom stereocenters. The van der Waals surface area contributed by atoms with Crippen molar-refractivity contribution >= 4 is 34.9 Å². The number of rotatable bonds is 5. The Balaban J connectivity index is 1.70. The SMILES string of the molecule is COC(=O)c1cc(NCc2ncc(-c3ccc(Cl)cc3)o2)ccc1Cl. The summed E-state index contributed by atoms with van der Waals surface area (Å²) in [4.78, 5) is 15.9. The Morgan fingerprint density at radius 2 is 1.96 bits per heavy atom. The predicted octanol–water partition coefficient (Wildman–Crippen LogP) is 5.05. The average molecular weight is 377 g/mol. The van der Waals surface area contributed by atoms with Gasteiger partial charge >= 0.3 is 5.97 Å². The van der Waals surface area contributed by atoms with E-state index in [1.807, 2.05) is 12.1 Å². The van der Waals surface area contributed by atoms with Crippen molar-refractivity contribution in [3.8, 4) is 11.3 Å². The van der Waals surface area contributed by atoms with Crippen LogP contribution >= 0.6 is 23.2 Å². The van der Waals surface area contributed by atoms with E-state index in [0.29, 0.717) is 39.5 Å². The molecule has 0 aliphatic carbocycles. The number of methoxy groups -OCH3 is 1. The second-order valence-electron chi connectivity index (χ2n) is 5.16.